The van der Waals surface area contributed by atoms with Gasteiger partial charge in [-0.2, -0.15) is 0 Å². The quantitative estimate of drug-likeness (QED) is 0.595. The fraction of sp³-hybridized carbons (Fsp3) is 0.611. The van der Waals surface area contributed by atoms with Crippen molar-refractivity contribution in [2.75, 3.05) is 11.6 Å². The van der Waals surface area contributed by atoms with Crippen LogP contribution in [0.4, 0.5) is 5.69 Å². The standard InChI is InChI=1S/C18H23N5O4S/c1-28(26,27)23-17(24)12-7-19-16-15(20-8-21-16)14(12)22-13-10-2-9-3-11(13)6-18(25,4-9)5-10/h7-11,13,25H,2-6H2,1H3,(H,23,24)(H2,19,20,21,22)/t9?,10-,11+,13?,18?. The number of hydrogen-bond acceptors (Lipinski definition) is 7. The third-order valence-electron chi connectivity index (χ3n) is 6.53. The van der Waals surface area contributed by atoms with Gasteiger partial charge in [0.1, 0.15) is 5.52 Å². The maximum Gasteiger partial charge on any atom is 0.268 e. The molecule has 4 bridgehead atoms. The lowest BCUT2D eigenvalue weighted by atomic mass is 9.52. The van der Waals surface area contributed by atoms with Gasteiger partial charge >= 0.3 is 0 Å². The van der Waals surface area contributed by atoms with Crippen LogP contribution in [0.15, 0.2) is 12.5 Å². The molecule has 0 aromatic carbocycles. The van der Waals surface area contributed by atoms with E-state index >= 15 is 0 Å². The number of hydrogen-bond donors (Lipinski definition) is 4. The smallest absolute Gasteiger partial charge is 0.268 e. The van der Waals surface area contributed by atoms with Gasteiger partial charge in [-0.25, -0.2) is 23.1 Å². The molecule has 5 atom stereocenters. The van der Waals surface area contributed by atoms with Crippen LogP contribution in [0.5, 0.6) is 0 Å². The highest BCUT2D eigenvalue weighted by Gasteiger charge is 2.54. The summed E-state index contributed by atoms with van der Waals surface area (Å²) in [7, 11) is -3.70. The van der Waals surface area contributed by atoms with Crippen molar-refractivity contribution in [1.82, 2.24) is 19.7 Å². The number of sulfonamides is 1. The van der Waals surface area contributed by atoms with Crippen molar-refractivity contribution in [3.63, 3.8) is 0 Å². The summed E-state index contributed by atoms with van der Waals surface area (Å²) < 4.78 is 25.1. The van der Waals surface area contributed by atoms with Crippen LogP contribution >= 0.6 is 0 Å². The van der Waals surface area contributed by atoms with Crippen LogP contribution in [-0.4, -0.2) is 52.3 Å². The Morgan fingerprint density at radius 2 is 1.96 bits per heavy atom. The highest BCUT2D eigenvalue weighted by Crippen LogP contribution is 2.56. The first-order valence-corrected chi connectivity index (χ1v) is 11.4. The van der Waals surface area contributed by atoms with Gasteiger partial charge < -0.3 is 15.4 Å². The topological polar surface area (TPSA) is 137 Å². The molecule has 4 fully saturated rings. The van der Waals surface area contributed by atoms with Crippen molar-refractivity contribution in [1.29, 1.82) is 0 Å². The molecule has 3 unspecified atom stereocenters. The van der Waals surface area contributed by atoms with Gasteiger partial charge in [0.15, 0.2) is 5.65 Å². The first-order chi connectivity index (χ1) is 13.2. The Morgan fingerprint density at radius 3 is 2.61 bits per heavy atom. The van der Waals surface area contributed by atoms with Gasteiger partial charge in [0.25, 0.3) is 5.91 Å². The molecular formula is C18H23N5O4S. The number of fused-ring (bicyclic) bond motifs is 1. The Kier molecular flexibility index (Phi) is 3.76. The van der Waals surface area contributed by atoms with Gasteiger partial charge in [-0.3, -0.25) is 4.79 Å². The molecule has 10 heteroatoms. The van der Waals surface area contributed by atoms with Gasteiger partial charge in [-0.1, -0.05) is 0 Å². The molecule has 0 radical (unpaired) electrons. The average molecular weight is 405 g/mol. The van der Waals surface area contributed by atoms with E-state index in [-0.39, 0.29) is 11.6 Å². The monoisotopic (exact) mass is 405 g/mol. The minimum atomic E-state index is -3.70. The molecule has 9 nitrogen and oxygen atoms in total. The molecule has 0 spiro atoms. The van der Waals surface area contributed by atoms with E-state index in [1.54, 1.807) is 0 Å². The van der Waals surface area contributed by atoms with E-state index in [9.17, 15) is 18.3 Å². The highest BCUT2D eigenvalue weighted by molar-refractivity contribution is 7.89. The molecular weight excluding hydrogens is 382 g/mol. The van der Waals surface area contributed by atoms with E-state index in [1.807, 2.05) is 4.72 Å². The van der Waals surface area contributed by atoms with Crippen LogP contribution in [0.3, 0.4) is 0 Å². The second-order valence-corrected chi connectivity index (χ2v) is 10.5. The van der Waals surface area contributed by atoms with Crippen LogP contribution in [-0.2, 0) is 10.0 Å². The molecule has 2 heterocycles. The predicted octanol–water partition coefficient (Wildman–Crippen LogP) is 0.999. The van der Waals surface area contributed by atoms with Crippen molar-refractivity contribution >= 4 is 32.8 Å². The number of anilines is 1. The number of aromatic nitrogens is 3. The third-order valence-corrected chi connectivity index (χ3v) is 7.09. The fourth-order valence-electron chi connectivity index (χ4n) is 5.82. The molecule has 2 aromatic heterocycles. The number of nitrogens with one attached hydrogen (secondary N) is 3. The van der Waals surface area contributed by atoms with Gasteiger partial charge in [0.05, 0.1) is 29.4 Å². The number of nitrogens with zero attached hydrogens (tertiary/aromatic N) is 2. The summed E-state index contributed by atoms with van der Waals surface area (Å²) in [5.41, 5.74) is 1.17. The van der Waals surface area contributed by atoms with Crippen LogP contribution in [0.1, 0.15) is 42.5 Å². The van der Waals surface area contributed by atoms with Crippen LogP contribution < -0.4 is 10.0 Å². The van der Waals surface area contributed by atoms with Crippen LogP contribution in [0, 0.1) is 17.8 Å². The van der Waals surface area contributed by atoms with E-state index in [0.717, 1.165) is 38.4 Å². The van der Waals surface area contributed by atoms with E-state index < -0.39 is 21.5 Å². The third kappa shape index (κ3) is 2.95. The van der Waals surface area contributed by atoms with Crippen molar-refractivity contribution in [3.05, 3.63) is 18.1 Å². The lowest BCUT2D eigenvalue weighted by Gasteiger charge is -2.58. The second kappa shape index (κ2) is 5.90. The van der Waals surface area contributed by atoms with Gasteiger partial charge in [0.2, 0.25) is 10.0 Å². The number of carbonyl (C=O) groups excluding carboxylic acids is 1. The minimum Gasteiger partial charge on any atom is -0.390 e. The van der Waals surface area contributed by atoms with Crippen molar-refractivity contribution < 1.29 is 18.3 Å². The van der Waals surface area contributed by atoms with E-state index in [2.05, 4.69) is 20.3 Å². The Hall–Kier alpha value is -2.20. The Morgan fingerprint density at radius 1 is 1.25 bits per heavy atom. The molecule has 4 aliphatic carbocycles. The molecule has 1 amide bonds. The number of imidazole rings is 1. The molecule has 2 aromatic rings. The maximum absolute atomic E-state index is 12.6. The molecule has 150 valence electrons. The summed E-state index contributed by atoms with van der Waals surface area (Å²) in [4.78, 5) is 23.9. The highest BCUT2D eigenvalue weighted by atomic mass is 32.2. The zero-order valence-corrected chi connectivity index (χ0v) is 16.3. The first-order valence-electron chi connectivity index (χ1n) is 9.54. The second-order valence-electron chi connectivity index (χ2n) is 8.72. The van der Waals surface area contributed by atoms with E-state index in [4.69, 9.17) is 0 Å². The SMILES string of the molecule is CS(=O)(=O)NC(=O)c1cnc2nc[nH]c2c1NC1[C@@H]2CC3C[C@H]1CC(O)(C3)C2. The summed E-state index contributed by atoms with van der Waals surface area (Å²) in [6, 6.07) is 0.121. The molecule has 0 saturated heterocycles. The van der Waals surface area contributed by atoms with Crippen molar-refractivity contribution in [2.24, 2.45) is 17.8 Å². The number of amides is 1. The van der Waals surface area contributed by atoms with Gasteiger partial charge in [-0.05, 0) is 49.9 Å². The minimum absolute atomic E-state index is 0.121. The number of rotatable bonds is 4. The summed E-state index contributed by atoms with van der Waals surface area (Å²) in [5.74, 6) is 0.496. The number of carbonyl (C=O) groups is 1. The molecule has 28 heavy (non-hydrogen) atoms. The molecule has 0 aliphatic heterocycles. The van der Waals surface area contributed by atoms with Gasteiger partial charge in [-0.15, -0.1) is 0 Å². The predicted molar refractivity (Wildman–Crippen MR) is 102 cm³/mol. The van der Waals surface area contributed by atoms with E-state index in [1.165, 1.54) is 12.5 Å². The Bertz CT molecular complexity index is 1050. The fourth-order valence-corrected chi connectivity index (χ4v) is 6.27. The average Bonchev–Trinajstić information content (AvgIpc) is 3.03. The summed E-state index contributed by atoms with van der Waals surface area (Å²) in [6.45, 7) is 0. The number of H-pyrrole nitrogens is 1. The lowest BCUT2D eigenvalue weighted by Crippen LogP contribution is -2.59. The number of aliphatic hydroxyl groups is 1. The maximum atomic E-state index is 12.6. The first kappa shape index (κ1) is 17.9. The lowest BCUT2D eigenvalue weighted by molar-refractivity contribution is -0.129. The largest absolute Gasteiger partial charge is 0.390 e. The number of pyridine rings is 1. The summed E-state index contributed by atoms with van der Waals surface area (Å²) in [6.07, 6.45) is 8.36. The zero-order chi connectivity index (χ0) is 19.7. The Labute approximate surface area is 162 Å². The van der Waals surface area contributed by atoms with Crippen LogP contribution in [0.25, 0.3) is 11.2 Å². The van der Waals surface area contributed by atoms with Crippen LogP contribution in [0.2, 0.25) is 0 Å². The summed E-state index contributed by atoms with van der Waals surface area (Å²) in [5, 5.41) is 14.3. The van der Waals surface area contributed by atoms with Gasteiger partial charge in [0, 0.05) is 12.2 Å². The number of aromatic amines is 1. The summed E-state index contributed by atoms with van der Waals surface area (Å²) >= 11 is 0. The zero-order valence-electron chi connectivity index (χ0n) is 15.5. The molecule has 4 aliphatic rings. The normalized spacial score (nSPS) is 33.9. The van der Waals surface area contributed by atoms with E-state index in [0.29, 0.717) is 34.6 Å². The molecule has 6 rings (SSSR count). The Balaban J connectivity index is 1.52. The molecule has 4 saturated carbocycles. The molecule has 4 N–H and O–H groups in total. The van der Waals surface area contributed by atoms with Crippen molar-refractivity contribution in [2.45, 2.75) is 43.7 Å². The van der Waals surface area contributed by atoms with Crippen molar-refractivity contribution in [3.8, 4) is 0 Å².